The molecule has 3 N–H and O–H groups in total. The molecule has 3 rings (SSSR count). The Morgan fingerprint density at radius 2 is 1.93 bits per heavy atom. The van der Waals surface area contributed by atoms with Crippen molar-refractivity contribution in [2.45, 2.75) is 52.2 Å². The third-order valence-corrected chi connectivity index (χ3v) is 6.00. The van der Waals surface area contributed by atoms with Gasteiger partial charge in [0.25, 0.3) is 0 Å². The van der Waals surface area contributed by atoms with E-state index in [-0.39, 0.29) is 18.2 Å². The van der Waals surface area contributed by atoms with Gasteiger partial charge in [0, 0.05) is 44.0 Å². The number of aromatic hydroxyl groups is 1. The number of allylic oxidation sites excluding steroid dienone is 2. The first-order valence-corrected chi connectivity index (χ1v) is 10.5. The number of nitrogens with two attached hydrogens (primary N) is 1. The van der Waals surface area contributed by atoms with E-state index in [4.69, 9.17) is 10.5 Å². The molecule has 2 amide bonds. The number of urea groups is 1. The highest BCUT2D eigenvalue weighted by molar-refractivity contribution is 5.76. The molecular weight excluding hydrogens is 366 g/mol. The van der Waals surface area contributed by atoms with Gasteiger partial charge < -0.3 is 20.5 Å². The lowest BCUT2D eigenvalue weighted by Crippen LogP contribution is -2.46. The quantitative estimate of drug-likeness (QED) is 0.806. The molecule has 0 radical (unpaired) electrons. The number of hydrogen-bond acceptors (Lipinski definition) is 4. The molecule has 1 saturated heterocycles. The van der Waals surface area contributed by atoms with Gasteiger partial charge in [0.15, 0.2) is 0 Å². The highest BCUT2D eigenvalue weighted by Crippen LogP contribution is 2.40. The van der Waals surface area contributed by atoms with Crippen LogP contribution < -0.4 is 5.73 Å². The molecule has 2 atom stereocenters. The number of ether oxygens (including phenoxy) is 1. The van der Waals surface area contributed by atoms with Crippen molar-refractivity contribution < 1.29 is 14.6 Å². The van der Waals surface area contributed by atoms with E-state index in [1.807, 2.05) is 50.0 Å². The van der Waals surface area contributed by atoms with Crippen LogP contribution in [-0.2, 0) is 11.2 Å². The predicted octanol–water partition coefficient (Wildman–Crippen LogP) is 3.84. The molecule has 0 aromatic heterocycles. The second-order valence-corrected chi connectivity index (χ2v) is 7.88. The lowest BCUT2D eigenvalue weighted by molar-refractivity contribution is -0.0628. The van der Waals surface area contributed by atoms with Gasteiger partial charge in [-0.25, -0.2) is 4.79 Å². The second-order valence-electron chi connectivity index (χ2n) is 7.88. The van der Waals surface area contributed by atoms with Gasteiger partial charge in [0.1, 0.15) is 5.75 Å². The van der Waals surface area contributed by atoms with E-state index in [0.717, 1.165) is 29.5 Å². The number of aryl methyl sites for hydroxylation is 1. The van der Waals surface area contributed by atoms with Crippen LogP contribution in [0, 0.1) is 12.8 Å². The molecule has 1 fully saturated rings. The van der Waals surface area contributed by atoms with Crippen molar-refractivity contribution in [3.63, 3.8) is 0 Å². The fourth-order valence-electron chi connectivity index (χ4n) is 4.40. The van der Waals surface area contributed by atoms with Crippen molar-refractivity contribution in [3.8, 4) is 5.75 Å². The average molecular weight is 400 g/mol. The molecule has 29 heavy (non-hydrogen) atoms. The molecule has 2 aliphatic heterocycles. The van der Waals surface area contributed by atoms with E-state index in [0.29, 0.717) is 37.7 Å². The number of phenolic OH excluding ortho intramolecular Hbond substituents is 1. The third kappa shape index (κ3) is 4.49. The van der Waals surface area contributed by atoms with E-state index >= 15 is 0 Å². The maximum atomic E-state index is 12.8. The summed E-state index contributed by atoms with van der Waals surface area (Å²) in [6, 6.07) is 3.95. The summed E-state index contributed by atoms with van der Waals surface area (Å²) in [6.07, 6.45) is 9.58. The summed E-state index contributed by atoms with van der Waals surface area (Å²) in [5.74, 6) is 0.716. The average Bonchev–Trinajstić information content (AvgIpc) is 2.75. The summed E-state index contributed by atoms with van der Waals surface area (Å²) < 4.78 is 6.34. The summed E-state index contributed by atoms with van der Waals surface area (Å²) >= 11 is 0. The summed E-state index contributed by atoms with van der Waals surface area (Å²) in [5.41, 5.74) is 8.84. The first kappa shape index (κ1) is 21.4. The number of rotatable bonds is 4. The Morgan fingerprint density at radius 3 is 2.52 bits per heavy atom. The summed E-state index contributed by atoms with van der Waals surface area (Å²) in [5, 5.41) is 10.6. The lowest BCUT2D eigenvalue weighted by atomic mass is 9.83. The molecule has 2 aliphatic rings. The number of piperidine rings is 1. The van der Waals surface area contributed by atoms with Crippen LogP contribution in [0.2, 0.25) is 0 Å². The number of carbonyl (C=O) groups is 1. The zero-order valence-corrected chi connectivity index (χ0v) is 17.7. The Morgan fingerprint density at radius 1 is 1.28 bits per heavy atom. The molecule has 0 saturated carbocycles. The van der Waals surface area contributed by atoms with Gasteiger partial charge in [-0.2, -0.15) is 0 Å². The first-order valence-electron chi connectivity index (χ1n) is 10.5. The van der Waals surface area contributed by atoms with Crippen molar-refractivity contribution in [2.75, 3.05) is 19.6 Å². The predicted molar refractivity (Wildman–Crippen MR) is 114 cm³/mol. The van der Waals surface area contributed by atoms with E-state index in [1.165, 1.54) is 0 Å². The van der Waals surface area contributed by atoms with Crippen LogP contribution in [0.1, 0.15) is 49.5 Å². The van der Waals surface area contributed by atoms with Gasteiger partial charge in [0.2, 0.25) is 0 Å². The number of carbonyl (C=O) groups excluding carboxylic acids is 1. The Kier molecular flexibility index (Phi) is 6.98. The van der Waals surface area contributed by atoms with Crippen LogP contribution in [0.25, 0.3) is 0 Å². The van der Waals surface area contributed by atoms with Gasteiger partial charge in [-0.05, 0) is 50.7 Å². The molecule has 0 bridgehead atoms. The molecule has 1 aromatic rings. The Labute approximate surface area is 173 Å². The Hall–Kier alpha value is -2.31. The monoisotopic (exact) mass is 399 g/mol. The number of hydrogen-bond donors (Lipinski definition) is 2. The van der Waals surface area contributed by atoms with Gasteiger partial charge in [-0.15, -0.1) is 0 Å². The second kappa shape index (κ2) is 9.46. The molecule has 1 aromatic carbocycles. The SMILES string of the molecule is C/C=C/N(/C=C/C)C(=O)N1CCC([C@@H]2Cc3c(ccc(C)c3O)[C@H](CN)O2)CC1. The zero-order chi connectivity index (χ0) is 21.0. The highest BCUT2D eigenvalue weighted by atomic mass is 16.5. The normalized spacial score (nSPS) is 23.0. The van der Waals surface area contributed by atoms with Crippen LogP contribution in [0.15, 0.2) is 36.7 Å². The molecule has 6 heteroatoms. The fourth-order valence-corrected chi connectivity index (χ4v) is 4.40. The van der Waals surface area contributed by atoms with E-state index in [9.17, 15) is 9.90 Å². The molecular formula is C23H33N3O3. The van der Waals surface area contributed by atoms with Gasteiger partial charge in [-0.1, -0.05) is 24.3 Å². The number of phenols is 1. The Bertz CT molecular complexity index is 770. The number of amides is 2. The summed E-state index contributed by atoms with van der Waals surface area (Å²) in [7, 11) is 0. The third-order valence-electron chi connectivity index (χ3n) is 6.00. The maximum absolute atomic E-state index is 12.8. The molecule has 158 valence electrons. The minimum atomic E-state index is -0.185. The molecule has 0 aliphatic carbocycles. The van der Waals surface area contributed by atoms with E-state index in [1.54, 1.807) is 17.3 Å². The van der Waals surface area contributed by atoms with E-state index in [2.05, 4.69) is 0 Å². The topological polar surface area (TPSA) is 79.0 Å². The maximum Gasteiger partial charge on any atom is 0.328 e. The van der Waals surface area contributed by atoms with Gasteiger partial charge >= 0.3 is 6.03 Å². The summed E-state index contributed by atoms with van der Waals surface area (Å²) in [4.78, 5) is 16.3. The zero-order valence-electron chi connectivity index (χ0n) is 17.7. The standard InChI is InChI=1S/C23H33N3O3/c1-4-10-25(11-5-2)23(28)26-12-8-17(9-13-26)20-14-19-18(21(15-24)29-20)7-6-16(3)22(19)27/h4-7,10-11,17,20-21,27H,8-9,12-15,24H2,1-3H3/b10-4+,11-5+/t20-,21-/m0/s1. The smallest absolute Gasteiger partial charge is 0.328 e. The van der Waals surface area contributed by atoms with Gasteiger partial charge in [-0.3, -0.25) is 4.90 Å². The highest BCUT2D eigenvalue weighted by Gasteiger charge is 2.36. The van der Waals surface area contributed by atoms with Gasteiger partial charge in [0.05, 0.1) is 12.2 Å². The number of fused-ring (bicyclic) bond motifs is 1. The molecule has 0 spiro atoms. The van der Waals surface area contributed by atoms with E-state index < -0.39 is 0 Å². The van der Waals surface area contributed by atoms with Crippen molar-refractivity contribution in [1.29, 1.82) is 0 Å². The van der Waals surface area contributed by atoms with Crippen LogP contribution in [0.5, 0.6) is 5.75 Å². The molecule has 2 heterocycles. The van der Waals surface area contributed by atoms with Crippen molar-refractivity contribution in [3.05, 3.63) is 53.4 Å². The fraction of sp³-hybridized carbons (Fsp3) is 0.522. The van der Waals surface area contributed by atoms with Crippen molar-refractivity contribution in [1.82, 2.24) is 9.80 Å². The van der Waals surface area contributed by atoms with Crippen LogP contribution >= 0.6 is 0 Å². The largest absolute Gasteiger partial charge is 0.507 e. The summed E-state index contributed by atoms with van der Waals surface area (Å²) in [6.45, 7) is 7.52. The minimum Gasteiger partial charge on any atom is -0.507 e. The lowest BCUT2D eigenvalue weighted by Gasteiger charge is -2.41. The van der Waals surface area contributed by atoms with Crippen LogP contribution in [0.4, 0.5) is 4.79 Å². The first-order chi connectivity index (χ1) is 14.0. The number of benzene rings is 1. The molecule has 0 unspecified atom stereocenters. The van der Waals surface area contributed by atoms with Crippen LogP contribution in [0.3, 0.4) is 0 Å². The number of likely N-dealkylation sites (tertiary alicyclic amines) is 1. The number of nitrogens with zero attached hydrogens (tertiary/aromatic N) is 2. The Balaban J connectivity index is 1.68. The van der Waals surface area contributed by atoms with Crippen molar-refractivity contribution in [2.24, 2.45) is 11.7 Å². The molecule has 6 nitrogen and oxygen atoms in total. The minimum absolute atomic E-state index is 0.00246. The van der Waals surface area contributed by atoms with Crippen LogP contribution in [-0.4, -0.2) is 46.7 Å². The van der Waals surface area contributed by atoms with Crippen molar-refractivity contribution >= 4 is 6.03 Å².